The highest BCUT2D eigenvalue weighted by Crippen LogP contribution is 2.41. The van der Waals surface area contributed by atoms with Crippen molar-refractivity contribution < 1.29 is 4.79 Å². The topological polar surface area (TPSA) is 20.3 Å². The van der Waals surface area contributed by atoms with Crippen LogP contribution in [0, 0.1) is 17.3 Å². The van der Waals surface area contributed by atoms with Gasteiger partial charge in [0.2, 0.25) is 0 Å². The van der Waals surface area contributed by atoms with E-state index in [1.165, 1.54) is 22.4 Å². The van der Waals surface area contributed by atoms with Crippen LogP contribution in [0.25, 0.3) is 0 Å². The summed E-state index contributed by atoms with van der Waals surface area (Å²) < 4.78 is 0. The lowest BCUT2D eigenvalue weighted by Crippen LogP contribution is -2.39. The second-order valence-electron chi connectivity index (χ2n) is 9.78. The van der Waals surface area contributed by atoms with Gasteiger partial charge < -0.3 is 4.90 Å². The zero-order chi connectivity index (χ0) is 19.7. The molecule has 0 saturated carbocycles. The van der Waals surface area contributed by atoms with Crippen molar-refractivity contribution in [1.29, 1.82) is 0 Å². The predicted molar refractivity (Wildman–Crippen MR) is 118 cm³/mol. The van der Waals surface area contributed by atoms with Crippen molar-refractivity contribution in [3.63, 3.8) is 0 Å². The molecule has 150 valence electrons. The molecule has 2 nitrogen and oxygen atoms in total. The Hall–Kier alpha value is -1.61. The maximum Gasteiger partial charge on any atom is 0.254 e. The van der Waals surface area contributed by atoms with Gasteiger partial charge in [-0.3, -0.25) is 4.79 Å². The van der Waals surface area contributed by atoms with Gasteiger partial charge in [0.1, 0.15) is 0 Å². The predicted octanol–water partition coefficient (Wildman–Crippen LogP) is 5.99. The molecule has 2 aromatic rings. The van der Waals surface area contributed by atoms with Crippen LogP contribution >= 0.6 is 11.3 Å². The largest absolute Gasteiger partial charge is 0.339 e. The molecule has 1 fully saturated rings. The molecule has 1 aromatic carbocycles. The van der Waals surface area contributed by atoms with Gasteiger partial charge in [-0.25, -0.2) is 0 Å². The van der Waals surface area contributed by atoms with Gasteiger partial charge in [0, 0.05) is 23.3 Å². The normalized spacial score (nSPS) is 20.8. The molecule has 2 heterocycles. The molecule has 28 heavy (non-hydrogen) atoms. The maximum atomic E-state index is 13.2. The first-order valence-corrected chi connectivity index (χ1v) is 11.7. The van der Waals surface area contributed by atoms with Crippen molar-refractivity contribution >= 4 is 17.2 Å². The number of hydrogen-bond acceptors (Lipinski definition) is 2. The Bertz CT molecular complexity index is 809. The first kappa shape index (κ1) is 19.7. The third-order valence-electron chi connectivity index (χ3n) is 6.88. The molecule has 0 bridgehead atoms. The molecule has 2 aliphatic rings. The van der Waals surface area contributed by atoms with Gasteiger partial charge in [-0.2, -0.15) is 0 Å². The number of hydrogen-bond donors (Lipinski definition) is 0. The number of fused-ring (bicyclic) bond motifs is 1. The van der Waals surface area contributed by atoms with E-state index in [9.17, 15) is 4.79 Å². The average molecular weight is 396 g/mol. The van der Waals surface area contributed by atoms with Crippen LogP contribution in [0.15, 0.2) is 35.7 Å². The van der Waals surface area contributed by atoms with E-state index in [1.54, 1.807) is 0 Å². The molecule has 0 N–H and O–H groups in total. The van der Waals surface area contributed by atoms with Crippen LogP contribution in [0.3, 0.4) is 0 Å². The number of rotatable bonds is 3. The zero-order valence-corrected chi connectivity index (χ0v) is 18.4. The van der Waals surface area contributed by atoms with Gasteiger partial charge in [-0.1, -0.05) is 51.1 Å². The van der Waals surface area contributed by atoms with Gasteiger partial charge in [0.05, 0.1) is 5.56 Å². The smallest absolute Gasteiger partial charge is 0.254 e. The van der Waals surface area contributed by atoms with Crippen LogP contribution in [0.5, 0.6) is 0 Å². The number of thiophene rings is 1. The van der Waals surface area contributed by atoms with Gasteiger partial charge >= 0.3 is 0 Å². The van der Waals surface area contributed by atoms with Crippen molar-refractivity contribution in [2.24, 2.45) is 17.3 Å². The molecule has 0 spiro atoms. The molecule has 1 amide bonds. The number of nitrogens with zero attached hydrogens (tertiary/aromatic N) is 1. The Morgan fingerprint density at radius 3 is 2.50 bits per heavy atom. The minimum Gasteiger partial charge on any atom is -0.339 e. The number of carbonyl (C=O) groups is 1. The van der Waals surface area contributed by atoms with E-state index in [1.807, 2.05) is 11.3 Å². The Labute approximate surface area is 174 Å². The summed E-state index contributed by atoms with van der Waals surface area (Å²) in [5.74, 6) is 1.72. The third kappa shape index (κ3) is 4.20. The Balaban J connectivity index is 1.37. The highest BCUT2D eigenvalue weighted by Gasteiger charge is 2.33. The van der Waals surface area contributed by atoms with E-state index in [4.69, 9.17) is 0 Å². The molecule has 0 radical (unpaired) electrons. The third-order valence-corrected chi connectivity index (χ3v) is 7.93. The number of amides is 1. The Morgan fingerprint density at radius 1 is 1.11 bits per heavy atom. The molecule has 3 heteroatoms. The zero-order valence-electron chi connectivity index (χ0n) is 17.5. The quantitative estimate of drug-likeness (QED) is 0.625. The van der Waals surface area contributed by atoms with Crippen LogP contribution in [0.1, 0.15) is 66.4 Å². The fourth-order valence-electron chi connectivity index (χ4n) is 4.89. The first-order chi connectivity index (χ1) is 13.4. The molecule has 1 saturated heterocycles. The van der Waals surface area contributed by atoms with E-state index in [2.05, 4.69) is 61.4 Å². The van der Waals surface area contributed by atoms with Crippen LogP contribution in [0.2, 0.25) is 0 Å². The summed E-state index contributed by atoms with van der Waals surface area (Å²) in [5, 5.41) is 2.15. The van der Waals surface area contributed by atoms with Crippen LogP contribution in [-0.4, -0.2) is 23.9 Å². The van der Waals surface area contributed by atoms with Crippen LogP contribution in [-0.2, 0) is 19.3 Å². The van der Waals surface area contributed by atoms with Gasteiger partial charge in [-0.15, -0.1) is 11.3 Å². The van der Waals surface area contributed by atoms with Crippen molar-refractivity contribution in [2.75, 3.05) is 13.1 Å². The van der Waals surface area contributed by atoms with E-state index in [0.717, 1.165) is 56.7 Å². The lowest BCUT2D eigenvalue weighted by Gasteiger charge is -2.35. The lowest BCUT2D eigenvalue weighted by molar-refractivity contribution is 0.0689. The lowest BCUT2D eigenvalue weighted by atomic mass is 9.72. The van der Waals surface area contributed by atoms with Crippen LogP contribution in [0.4, 0.5) is 0 Å². The van der Waals surface area contributed by atoms with E-state index >= 15 is 0 Å². The number of benzene rings is 1. The van der Waals surface area contributed by atoms with Gasteiger partial charge in [0.15, 0.2) is 0 Å². The Morgan fingerprint density at radius 2 is 1.82 bits per heavy atom. The number of piperidine rings is 1. The van der Waals surface area contributed by atoms with Crippen molar-refractivity contribution in [3.05, 3.63) is 57.3 Å². The van der Waals surface area contributed by atoms with Crippen molar-refractivity contribution in [2.45, 2.75) is 59.3 Å². The fourth-order valence-corrected chi connectivity index (χ4v) is 6.04. The minimum absolute atomic E-state index is 0.282. The summed E-state index contributed by atoms with van der Waals surface area (Å²) in [5.41, 5.74) is 4.15. The summed E-state index contributed by atoms with van der Waals surface area (Å²) in [6.07, 6.45) is 6.83. The van der Waals surface area contributed by atoms with Crippen molar-refractivity contribution in [1.82, 2.24) is 4.90 Å². The highest BCUT2D eigenvalue weighted by atomic mass is 32.1. The van der Waals surface area contributed by atoms with E-state index in [0.29, 0.717) is 11.3 Å². The highest BCUT2D eigenvalue weighted by molar-refractivity contribution is 7.10. The molecule has 1 atom stereocenters. The van der Waals surface area contributed by atoms with E-state index < -0.39 is 0 Å². The number of likely N-dealkylation sites (tertiary alicyclic amines) is 1. The molecule has 1 aliphatic carbocycles. The fraction of sp³-hybridized carbons (Fsp3) is 0.560. The van der Waals surface area contributed by atoms with Crippen molar-refractivity contribution in [3.8, 4) is 0 Å². The second-order valence-corrected chi connectivity index (χ2v) is 10.7. The molecule has 1 unspecified atom stereocenters. The molecular weight excluding hydrogens is 362 g/mol. The molecule has 1 aromatic heterocycles. The summed E-state index contributed by atoms with van der Waals surface area (Å²) in [6, 6.07) is 10.8. The summed E-state index contributed by atoms with van der Waals surface area (Å²) in [4.78, 5) is 16.8. The Kier molecular flexibility index (Phi) is 5.64. The van der Waals surface area contributed by atoms with Gasteiger partial charge in [0.25, 0.3) is 5.91 Å². The summed E-state index contributed by atoms with van der Waals surface area (Å²) in [7, 11) is 0. The molecule has 4 rings (SSSR count). The molecular formula is C25H33NOS. The van der Waals surface area contributed by atoms with Gasteiger partial charge in [-0.05, 0) is 66.9 Å². The number of carbonyl (C=O) groups excluding carboxylic acids is 1. The SMILES string of the molecule is CC(C)(C)C1CCc2c(C(=O)N3CCC(Cc4ccccc4)CC3)csc2C1. The summed E-state index contributed by atoms with van der Waals surface area (Å²) >= 11 is 1.82. The van der Waals surface area contributed by atoms with E-state index in [-0.39, 0.29) is 5.91 Å². The maximum absolute atomic E-state index is 13.2. The second kappa shape index (κ2) is 8.02. The molecule has 1 aliphatic heterocycles. The minimum atomic E-state index is 0.282. The van der Waals surface area contributed by atoms with Crippen LogP contribution < -0.4 is 0 Å². The monoisotopic (exact) mass is 395 g/mol. The average Bonchev–Trinajstić information content (AvgIpc) is 3.11. The summed E-state index contributed by atoms with van der Waals surface area (Å²) in [6.45, 7) is 8.86. The standard InChI is InChI=1S/C25H33NOS/c1-25(2,3)20-9-10-21-22(17-28-23(21)16-20)24(27)26-13-11-19(12-14-26)15-18-7-5-4-6-8-18/h4-8,17,19-20H,9-16H2,1-3H3. The first-order valence-electron chi connectivity index (χ1n) is 10.8.